The van der Waals surface area contributed by atoms with Crippen molar-refractivity contribution in [2.24, 2.45) is 7.05 Å². The topological polar surface area (TPSA) is 39.1 Å². The third-order valence-electron chi connectivity index (χ3n) is 2.40. The minimum atomic E-state index is 0.592. The van der Waals surface area contributed by atoms with Gasteiger partial charge in [0.15, 0.2) is 0 Å². The van der Waals surface area contributed by atoms with Crippen molar-refractivity contribution in [3.05, 3.63) is 35.1 Å². The largest absolute Gasteiger partial charge is 0.495 e. The quantitative estimate of drug-likeness (QED) is 0.911. The first kappa shape index (κ1) is 11.8. The zero-order valence-electron chi connectivity index (χ0n) is 9.99. The van der Waals surface area contributed by atoms with Crippen LogP contribution in [0.2, 0.25) is 5.02 Å². The Kier molecular flexibility index (Phi) is 3.24. The number of anilines is 2. The molecule has 0 aliphatic heterocycles. The number of rotatable bonds is 3. The second kappa shape index (κ2) is 4.67. The molecule has 17 heavy (non-hydrogen) atoms. The van der Waals surface area contributed by atoms with Gasteiger partial charge in [-0.2, -0.15) is 0 Å². The standard InChI is InChI=1S/C12H14ClN3O/c1-8-7-16(2)12(14-8)15-9-4-5-10(13)11(6-9)17-3/h4-7H,1-3H3,(H,14,15). The Balaban J connectivity index is 2.27. The van der Waals surface area contributed by atoms with Crippen molar-refractivity contribution in [1.29, 1.82) is 0 Å². The van der Waals surface area contributed by atoms with Crippen molar-refractivity contribution in [3.63, 3.8) is 0 Å². The molecule has 2 aromatic rings. The van der Waals surface area contributed by atoms with Gasteiger partial charge < -0.3 is 14.6 Å². The van der Waals surface area contributed by atoms with Gasteiger partial charge in [-0.3, -0.25) is 0 Å². The third kappa shape index (κ3) is 2.53. The fourth-order valence-electron chi connectivity index (χ4n) is 1.60. The number of benzene rings is 1. The minimum Gasteiger partial charge on any atom is -0.495 e. The van der Waals surface area contributed by atoms with Crippen LogP contribution in [0.4, 0.5) is 11.6 Å². The molecule has 0 radical (unpaired) electrons. The summed E-state index contributed by atoms with van der Waals surface area (Å²) in [6.07, 6.45) is 1.95. The summed E-state index contributed by atoms with van der Waals surface area (Å²) in [5.74, 6) is 1.43. The number of methoxy groups -OCH3 is 1. The number of aromatic nitrogens is 2. The molecule has 0 atom stereocenters. The number of hydrogen-bond donors (Lipinski definition) is 1. The van der Waals surface area contributed by atoms with E-state index in [9.17, 15) is 0 Å². The highest BCUT2D eigenvalue weighted by atomic mass is 35.5. The lowest BCUT2D eigenvalue weighted by Gasteiger charge is -2.08. The number of ether oxygens (including phenoxy) is 1. The van der Waals surface area contributed by atoms with Gasteiger partial charge in [-0.05, 0) is 19.1 Å². The molecule has 1 aromatic carbocycles. The van der Waals surface area contributed by atoms with Crippen LogP contribution < -0.4 is 10.1 Å². The first-order valence-electron chi connectivity index (χ1n) is 5.20. The van der Waals surface area contributed by atoms with Crippen LogP contribution in [-0.2, 0) is 7.05 Å². The lowest BCUT2D eigenvalue weighted by atomic mass is 10.3. The molecule has 1 aromatic heterocycles. The van der Waals surface area contributed by atoms with Gasteiger partial charge >= 0.3 is 0 Å². The van der Waals surface area contributed by atoms with E-state index in [4.69, 9.17) is 16.3 Å². The lowest BCUT2D eigenvalue weighted by molar-refractivity contribution is 0.415. The van der Waals surface area contributed by atoms with Crippen molar-refractivity contribution >= 4 is 23.2 Å². The van der Waals surface area contributed by atoms with Gasteiger partial charge in [-0.15, -0.1) is 0 Å². The molecule has 0 unspecified atom stereocenters. The molecule has 0 saturated carbocycles. The summed E-state index contributed by atoms with van der Waals surface area (Å²) in [4.78, 5) is 4.36. The van der Waals surface area contributed by atoms with E-state index >= 15 is 0 Å². The zero-order valence-corrected chi connectivity index (χ0v) is 10.7. The van der Waals surface area contributed by atoms with Crippen molar-refractivity contribution in [2.45, 2.75) is 6.92 Å². The molecule has 0 fully saturated rings. The molecule has 5 heteroatoms. The second-order valence-electron chi connectivity index (χ2n) is 3.79. The highest BCUT2D eigenvalue weighted by Gasteiger charge is 2.05. The van der Waals surface area contributed by atoms with Crippen LogP contribution in [-0.4, -0.2) is 16.7 Å². The second-order valence-corrected chi connectivity index (χ2v) is 4.20. The van der Waals surface area contributed by atoms with Crippen molar-refractivity contribution in [3.8, 4) is 5.75 Å². The van der Waals surface area contributed by atoms with E-state index in [0.717, 1.165) is 17.3 Å². The van der Waals surface area contributed by atoms with Crippen molar-refractivity contribution in [2.75, 3.05) is 12.4 Å². The maximum absolute atomic E-state index is 5.96. The summed E-state index contributed by atoms with van der Waals surface area (Å²) in [7, 11) is 3.53. The van der Waals surface area contributed by atoms with E-state index in [0.29, 0.717) is 10.8 Å². The number of nitrogens with zero attached hydrogens (tertiary/aromatic N) is 2. The highest BCUT2D eigenvalue weighted by molar-refractivity contribution is 6.32. The molecular formula is C12H14ClN3O. The first-order valence-corrected chi connectivity index (χ1v) is 5.58. The Morgan fingerprint density at radius 3 is 2.76 bits per heavy atom. The van der Waals surface area contributed by atoms with Crippen LogP contribution in [0.3, 0.4) is 0 Å². The highest BCUT2D eigenvalue weighted by Crippen LogP contribution is 2.28. The van der Waals surface area contributed by atoms with E-state index in [1.807, 2.05) is 36.9 Å². The van der Waals surface area contributed by atoms with E-state index in [2.05, 4.69) is 10.3 Å². The molecule has 1 N–H and O–H groups in total. The van der Waals surface area contributed by atoms with Crippen LogP contribution in [0.1, 0.15) is 5.69 Å². The number of hydrogen-bond acceptors (Lipinski definition) is 3. The fourth-order valence-corrected chi connectivity index (χ4v) is 1.79. The van der Waals surface area contributed by atoms with Gasteiger partial charge in [-0.25, -0.2) is 4.98 Å². The predicted octanol–water partition coefficient (Wildman–Crippen LogP) is 3.13. The van der Waals surface area contributed by atoms with Gasteiger partial charge in [0.05, 0.1) is 17.8 Å². The molecule has 2 rings (SSSR count). The monoisotopic (exact) mass is 251 g/mol. The number of aryl methyl sites for hydroxylation is 2. The SMILES string of the molecule is COc1cc(Nc2nc(C)cn2C)ccc1Cl. The van der Waals surface area contributed by atoms with Gasteiger partial charge in [0.2, 0.25) is 5.95 Å². The van der Waals surface area contributed by atoms with Crippen LogP contribution >= 0.6 is 11.6 Å². The summed E-state index contributed by atoms with van der Waals surface area (Å²) in [5.41, 5.74) is 1.86. The van der Waals surface area contributed by atoms with Gasteiger partial charge in [0.25, 0.3) is 0 Å². The molecule has 0 saturated heterocycles. The molecule has 0 aliphatic carbocycles. The molecule has 4 nitrogen and oxygen atoms in total. The fraction of sp³-hybridized carbons (Fsp3) is 0.250. The van der Waals surface area contributed by atoms with Crippen LogP contribution in [0.5, 0.6) is 5.75 Å². The Hall–Kier alpha value is -1.68. The predicted molar refractivity (Wildman–Crippen MR) is 69.2 cm³/mol. The van der Waals surface area contributed by atoms with Gasteiger partial charge in [0, 0.05) is 25.0 Å². The maximum Gasteiger partial charge on any atom is 0.207 e. The van der Waals surface area contributed by atoms with Gasteiger partial charge in [-0.1, -0.05) is 11.6 Å². The molecule has 0 spiro atoms. The zero-order chi connectivity index (χ0) is 12.4. The van der Waals surface area contributed by atoms with Gasteiger partial charge in [0.1, 0.15) is 5.75 Å². The van der Waals surface area contributed by atoms with Crippen molar-refractivity contribution < 1.29 is 4.74 Å². The van der Waals surface area contributed by atoms with E-state index in [1.165, 1.54) is 0 Å². The Labute approximate surface area is 105 Å². The summed E-state index contributed by atoms with van der Waals surface area (Å²) in [6, 6.07) is 5.51. The normalized spacial score (nSPS) is 10.4. The molecule has 90 valence electrons. The molecule has 1 heterocycles. The molecular weight excluding hydrogens is 238 g/mol. The van der Waals surface area contributed by atoms with Crippen LogP contribution in [0.15, 0.2) is 24.4 Å². The van der Waals surface area contributed by atoms with Crippen molar-refractivity contribution in [1.82, 2.24) is 9.55 Å². The smallest absolute Gasteiger partial charge is 0.207 e. The van der Waals surface area contributed by atoms with Crippen LogP contribution in [0.25, 0.3) is 0 Å². The van der Waals surface area contributed by atoms with E-state index in [1.54, 1.807) is 13.2 Å². The Morgan fingerprint density at radius 2 is 2.18 bits per heavy atom. The number of imidazole rings is 1. The Bertz CT molecular complexity index is 537. The third-order valence-corrected chi connectivity index (χ3v) is 2.72. The number of nitrogens with one attached hydrogen (secondary N) is 1. The average Bonchev–Trinajstić information content (AvgIpc) is 2.60. The van der Waals surface area contributed by atoms with E-state index < -0.39 is 0 Å². The Morgan fingerprint density at radius 1 is 1.41 bits per heavy atom. The first-order chi connectivity index (χ1) is 8.10. The van der Waals surface area contributed by atoms with Crippen LogP contribution in [0, 0.1) is 6.92 Å². The average molecular weight is 252 g/mol. The summed E-state index contributed by atoms with van der Waals surface area (Å²) in [5, 5.41) is 3.80. The molecule has 0 amide bonds. The molecule has 0 aliphatic rings. The minimum absolute atomic E-state index is 0.592. The summed E-state index contributed by atoms with van der Waals surface area (Å²) in [6.45, 7) is 1.95. The maximum atomic E-state index is 5.96. The summed E-state index contributed by atoms with van der Waals surface area (Å²) >= 11 is 5.96. The lowest BCUT2D eigenvalue weighted by Crippen LogP contribution is -1.98. The van der Waals surface area contributed by atoms with E-state index in [-0.39, 0.29) is 0 Å². The summed E-state index contributed by atoms with van der Waals surface area (Å²) < 4.78 is 7.09. The molecule has 0 bridgehead atoms. The number of halogens is 1.